The van der Waals surface area contributed by atoms with Gasteiger partial charge in [-0.1, -0.05) is 30.3 Å². The van der Waals surface area contributed by atoms with Gasteiger partial charge in [-0.05, 0) is 54.7 Å². The molecule has 2 aromatic rings. The maximum Gasteiger partial charge on any atom is 0.311 e. The van der Waals surface area contributed by atoms with Crippen molar-refractivity contribution in [2.75, 3.05) is 0 Å². The summed E-state index contributed by atoms with van der Waals surface area (Å²) in [5.74, 6) is -1.91. The summed E-state index contributed by atoms with van der Waals surface area (Å²) < 4.78 is 12.9. The van der Waals surface area contributed by atoms with Crippen molar-refractivity contribution >= 4 is 5.97 Å². The summed E-state index contributed by atoms with van der Waals surface area (Å²) in [7, 11) is 0. The van der Waals surface area contributed by atoms with Gasteiger partial charge in [0.15, 0.2) is 0 Å². The van der Waals surface area contributed by atoms with Gasteiger partial charge in [0.25, 0.3) is 0 Å². The van der Waals surface area contributed by atoms with Gasteiger partial charge < -0.3 is 5.11 Å². The largest absolute Gasteiger partial charge is 0.481 e. The number of aryl methyl sites for hydroxylation is 2. The first-order valence-electron chi connectivity index (χ1n) is 6.52. The number of carbonyl (C=O) groups is 1. The van der Waals surface area contributed by atoms with E-state index in [1.807, 2.05) is 32.0 Å². The van der Waals surface area contributed by atoms with E-state index in [2.05, 4.69) is 0 Å². The lowest BCUT2D eigenvalue weighted by Crippen LogP contribution is -2.14. The molecule has 1 unspecified atom stereocenters. The molecule has 0 aliphatic carbocycles. The molecule has 0 aliphatic heterocycles. The van der Waals surface area contributed by atoms with E-state index in [0.29, 0.717) is 12.0 Å². The van der Waals surface area contributed by atoms with Crippen molar-refractivity contribution in [1.82, 2.24) is 0 Å². The molecule has 0 spiro atoms. The lowest BCUT2D eigenvalue weighted by atomic mass is 9.91. The minimum Gasteiger partial charge on any atom is -0.481 e. The van der Waals surface area contributed by atoms with Gasteiger partial charge in [-0.25, -0.2) is 4.39 Å². The standard InChI is InChI=1S/C17H17FO2/c1-11-3-4-13(9-12(11)2)10-16(17(19)20)14-5-7-15(18)8-6-14/h3-9,16H,10H2,1-2H3,(H,19,20). The van der Waals surface area contributed by atoms with Crippen LogP contribution in [0.15, 0.2) is 42.5 Å². The molecule has 2 aromatic carbocycles. The highest BCUT2D eigenvalue weighted by molar-refractivity contribution is 5.76. The Morgan fingerprint density at radius 3 is 2.30 bits per heavy atom. The Hall–Kier alpha value is -2.16. The number of carboxylic acid groups (broad SMARTS) is 1. The van der Waals surface area contributed by atoms with Gasteiger partial charge in [-0.2, -0.15) is 0 Å². The second-order valence-corrected chi connectivity index (χ2v) is 5.07. The molecule has 0 aliphatic rings. The number of hydrogen-bond acceptors (Lipinski definition) is 1. The zero-order valence-electron chi connectivity index (χ0n) is 11.6. The van der Waals surface area contributed by atoms with Crippen LogP contribution in [0.5, 0.6) is 0 Å². The van der Waals surface area contributed by atoms with E-state index in [4.69, 9.17) is 0 Å². The first-order valence-corrected chi connectivity index (χ1v) is 6.52. The predicted octanol–water partition coefficient (Wildman–Crippen LogP) is 3.85. The molecular weight excluding hydrogens is 255 g/mol. The molecule has 2 nitrogen and oxygen atoms in total. The van der Waals surface area contributed by atoms with E-state index >= 15 is 0 Å². The van der Waals surface area contributed by atoms with Crippen LogP contribution in [0.4, 0.5) is 4.39 Å². The number of hydrogen-bond donors (Lipinski definition) is 1. The number of rotatable bonds is 4. The Morgan fingerprint density at radius 1 is 1.10 bits per heavy atom. The fourth-order valence-corrected chi connectivity index (χ4v) is 2.21. The summed E-state index contributed by atoms with van der Waals surface area (Å²) in [5, 5.41) is 9.39. The van der Waals surface area contributed by atoms with Gasteiger partial charge >= 0.3 is 5.97 Å². The quantitative estimate of drug-likeness (QED) is 0.917. The summed E-state index contributed by atoms with van der Waals surface area (Å²) in [4.78, 5) is 11.4. The third-order valence-electron chi connectivity index (χ3n) is 3.58. The number of benzene rings is 2. The SMILES string of the molecule is Cc1ccc(CC(C(=O)O)c2ccc(F)cc2)cc1C. The fourth-order valence-electron chi connectivity index (χ4n) is 2.21. The molecule has 0 bridgehead atoms. The summed E-state index contributed by atoms with van der Waals surface area (Å²) in [6.45, 7) is 4.03. The lowest BCUT2D eigenvalue weighted by Gasteiger charge is -2.14. The molecule has 0 aromatic heterocycles. The van der Waals surface area contributed by atoms with Crippen LogP contribution in [0.1, 0.15) is 28.2 Å². The average Bonchev–Trinajstić information content (AvgIpc) is 2.41. The molecule has 0 radical (unpaired) electrons. The van der Waals surface area contributed by atoms with Crippen LogP contribution >= 0.6 is 0 Å². The average molecular weight is 272 g/mol. The van der Waals surface area contributed by atoms with E-state index in [1.165, 1.54) is 29.8 Å². The highest BCUT2D eigenvalue weighted by Crippen LogP contribution is 2.23. The summed E-state index contributed by atoms with van der Waals surface area (Å²) >= 11 is 0. The van der Waals surface area contributed by atoms with Crippen molar-refractivity contribution in [3.05, 3.63) is 70.5 Å². The molecule has 0 saturated heterocycles. The molecule has 0 saturated carbocycles. The van der Waals surface area contributed by atoms with Gasteiger partial charge in [-0.3, -0.25) is 4.79 Å². The van der Waals surface area contributed by atoms with E-state index in [9.17, 15) is 14.3 Å². The van der Waals surface area contributed by atoms with Gasteiger partial charge in [0.2, 0.25) is 0 Å². The van der Waals surface area contributed by atoms with Crippen molar-refractivity contribution in [3.8, 4) is 0 Å². The Bertz CT molecular complexity index is 617. The number of aliphatic carboxylic acids is 1. The zero-order valence-corrected chi connectivity index (χ0v) is 11.6. The van der Waals surface area contributed by atoms with Crippen LogP contribution in [-0.4, -0.2) is 11.1 Å². The fraction of sp³-hybridized carbons (Fsp3) is 0.235. The molecule has 0 fully saturated rings. The second kappa shape index (κ2) is 5.87. The van der Waals surface area contributed by atoms with Crippen molar-refractivity contribution < 1.29 is 14.3 Å². The van der Waals surface area contributed by atoms with Crippen molar-refractivity contribution in [1.29, 1.82) is 0 Å². The maximum absolute atomic E-state index is 12.9. The third kappa shape index (κ3) is 3.23. The van der Waals surface area contributed by atoms with Gasteiger partial charge in [0, 0.05) is 0 Å². The van der Waals surface area contributed by atoms with Crippen LogP contribution in [-0.2, 0) is 11.2 Å². The summed E-state index contributed by atoms with van der Waals surface area (Å²) in [5.41, 5.74) is 3.93. The predicted molar refractivity (Wildman–Crippen MR) is 76.4 cm³/mol. The van der Waals surface area contributed by atoms with Crippen molar-refractivity contribution in [3.63, 3.8) is 0 Å². The second-order valence-electron chi connectivity index (χ2n) is 5.07. The highest BCUT2D eigenvalue weighted by atomic mass is 19.1. The van der Waals surface area contributed by atoms with Crippen LogP contribution in [0.3, 0.4) is 0 Å². The van der Waals surface area contributed by atoms with Crippen LogP contribution in [0, 0.1) is 19.7 Å². The Morgan fingerprint density at radius 2 is 1.75 bits per heavy atom. The van der Waals surface area contributed by atoms with E-state index in [0.717, 1.165) is 11.1 Å². The molecule has 1 atom stereocenters. The maximum atomic E-state index is 12.9. The van der Waals surface area contributed by atoms with Crippen LogP contribution < -0.4 is 0 Å². The zero-order chi connectivity index (χ0) is 14.7. The highest BCUT2D eigenvalue weighted by Gasteiger charge is 2.20. The molecule has 0 amide bonds. The molecule has 1 N–H and O–H groups in total. The third-order valence-corrected chi connectivity index (χ3v) is 3.58. The Labute approximate surface area is 117 Å². The monoisotopic (exact) mass is 272 g/mol. The number of carboxylic acids is 1. The molecular formula is C17H17FO2. The summed E-state index contributed by atoms with van der Waals surface area (Å²) in [6.07, 6.45) is 0.405. The van der Waals surface area contributed by atoms with Gasteiger partial charge in [-0.15, -0.1) is 0 Å². The van der Waals surface area contributed by atoms with Crippen molar-refractivity contribution in [2.45, 2.75) is 26.2 Å². The van der Waals surface area contributed by atoms with Gasteiger partial charge in [0.1, 0.15) is 5.82 Å². The van der Waals surface area contributed by atoms with Gasteiger partial charge in [0.05, 0.1) is 5.92 Å². The first-order chi connectivity index (χ1) is 9.47. The first kappa shape index (κ1) is 14.3. The molecule has 104 valence electrons. The Kier molecular flexibility index (Phi) is 4.18. The minimum absolute atomic E-state index is 0.357. The smallest absolute Gasteiger partial charge is 0.311 e. The summed E-state index contributed by atoms with van der Waals surface area (Å²) in [6, 6.07) is 11.6. The van der Waals surface area contributed by atoms with Crippen LogP contribution in [0.25, 0.3) is 0 Å². The van der Waals surface area contributed by atoms with E-state index < -0.39 is 11.9 Å². The van der Waals surface area contributed by atoms with Crippen LogP contribution in [0.2, 0.25) is 0 Å². The Balaban J connectivity index is 2.27. The molecule has 20 heavy (non-hydrogen) atoms. The van der Waals surface area contributed by atoms with E-state index in [-0.39, 0.29) is 5.82 Å². The normalized spacial score (nSPS) is 12.2. The minimum atomic E-state index is -0.894. The lowest BCUT2D eigenvalue weighted by molar-refractivity contribution is -0.138. The molecule has 0 heterocycles. The van der Waals surface area contributed by atoms with E-state index in [1.54, 1.807) is 0 Å². The molecule has 2 rings (SSSR count). The topological polar surface area (TPSA) is 37.3 Å². The molecule has 3 heteroatoms. The van der Waals surface area contributed by atoms with Crippen molar-refractivity contribution in [2.24, 2.45) is 0 Å². The number of halogens is 1.